The number of imidazole rings is 1. The molecule has 1 amide bonds. The molecule has 1 aromatic heterocycles. The first-order valence-corrected chi connectivity index (χ1v) is 6.31. The number of nitrogens with one attached hydrogen (secondary N) is 1. The smallest absolute Gasteiger partial charge is 0.236 e. The molecule has 2 aromatic rings. The van der Waals surface area contributed by atoms with E-state index in [2.05, 4.69) is 10.3 Å². The molecule has 0 aliphatic heterocycles. The molecular formula is C14H18N4O. The molecule has 5 heteroatoms. The van der Waals surface area contributed by atoms with E-state index in [1.165, 1.54) is 0 Å². The lowest BCUT2D eigenvalue weighted by molar-refractivity contribution is -0.120. The third kappa shape index (κ3) is 3.20. The minimum atomic E-state index is -0.387. The van der Waals surface area contributed by atoms with Crippen molar-refractivity contribution in [1.82, 2.24) is 14.9 Å². The standard InChI is InChI=1S/C14H18N4O/c1-2-16-12(13(15)19)10-18-9-8-17-14(18)11-6-4-3-5-7-11/h3-9,12,16H,2,10H2,1H3,(H2,15,19). The van der Waals surface area contributed by atoms with Crippen LogP contribution < -0.4 is 11.1 Å². The number of carbonyl (C=O) groups is 1. The summed E-state index contributed by atoms with van der Waals surface area (Å²) in [4.78, 5) is 15.7. The summed E-state index contributed by atoms with van der Waals surface area (Å²) in [6.07, 6.45) is 3.59. The minimum absolute atomic E-state index is 0.352. The Bertz CT molecular complexity index is 535. The van der Waals surface area contributed by atoms with E-state index in [0.717, 1.165) is 11.4 Å². The molecule has 0 saturated heterocycles. The second kappa shape index (κ2) is 6.15. The maximum atomic E-state index is 11.4. The van der Waals surface area contributed by atoms with Gasteiger partial charge >= 0.3 is 0 Å². The SMILES string of the molecule is CCNC(Cn1ccnc1-c1ccccc1)C(N)=O. The van der Waals surface area contributed by atoms with Gasteiger partial charge in [-0.25, -0.2) is 4.98 Å². The summed E-state index contributed by atoms with van der Waals surface area (Å²) in [5.41, 5.74) is 6.41. The van der Waals surface area contributed by atoms with Crippen LogP contribution in [0.4, 0.5) is 0 Å². The second-order valence-corrected chi connectivity index (χ2v) is 4.28. The molecule has 0 spiro atoms. The normalized spacial score (nSPS) is 12.3. The van der Waals surface area contributed by atoms with Crippen LogP contribution in [0.25, 0.3) is 11.4 Å². The average molecular weight is 258 g/mol. The Morgan fingerprint density at radius 1 is 1.42 bits per heavy atom. The molecular weight excluding hydrogens is 240 g/mol. The van der Waals surface area contributed by atoms with Gasteiger partial charge < -0.3 is 15.6 Å². The number of nitrogens with zero attached hydrogens (tertiary/aromatic N) is 2. The predicted octanol–water partition coefficient (Wildman–Crippen LogP) is 1.01. The molecule has 0 aliphatic carbocycles. The summed E-state index contributed by atoms with van der Waals surface area (Å²) in [5, 5.41) is 3.08. The highest BCUT2D eigenvalue weighted by Gasteiger charge is 2.16. The van der Waals surface area contributed by atoms with Crippen molar-refractivity contribution in [1.29, 1.82) is 0 Å². The van der Waals surface area contributed by atoms with Crippen molar-refractivity contribution >= 4 is 5.91 Å². The summed E-state index contributed by atoms with van der Waals surface area (Å²) in [7, 11) is 0. The highest BCUT2D eigenvalue weighted by Crippen LogP contribution is 2.16. The Balaban J connectivity index is 2.22. The first-order chi connectivity index (χ1) is 9.22. The Kier molecular flexibility index (Phi) is 4.30. The third-order valence-electron chi connectivity index (χ3n) is 2.92. The van der Waals surface area contributed by atoms with E-state index in [9.17, 15) is 4.79 Å². The summed E-state index contributed by atoms with van der Waals surface area (Å²) in [6, 6.07) is 9.48. The minimum Gasteiger partial charge on any atom is -0.368 e. The van der Waals surface area contributed by atoms with Crippen LogP contribution in [0, 0.1) is 0 Å². The number of amides is 1. The Morgan fingerprint density at radius 2 is 2.16 bits per heavy atom. The molecule has 0 bridgehead atoms. The van der Waals surface area contributed by atoms with Crippen molar-refractivity contribution in [3.8, 4) is 11.4 Å². The topological polar surface area (TPSA) is 72.9 Å². The summed E-state index contributed by atoms with van der Waals surface area (Å²) >= 11 is 0. The molecule has 1 aromatic carbocycles. The molecule has 1 heterocycles. The number of likely N-dealkylation sites (N-methyl/N-ethyl adjacent to an activating group) is 1. The fourth-order valence-electron chi connectivity index (χ4n) is 2.00. The van der Waals surface area contributed by atoms with Gasteiger partial charge in [-0.3, -0.25) is 4.79 Å². The first-order valence-electron chi connectivity index (χ1n) is 6.31. The fourth-order valence-corrected chi connectivity index (χ4v) is 2.00. The maximum absolute atomic E-state index is 11.4. The maximum Gasteiger partial charge on any atom is 0.236 e. The largest absolute Gasteiger partial charge is 0.368 e. The molecule has 3 N–H and O–H groups in total. The number of aromatic nitrogens is 2. The Labute approximate surface area is 112 Å². The van der Waals surface area contributed by atoms with Gasteiger partial charge in [0.1, 0.15) is 11.9 Å². The molecule has 0 saturated carbocycles. The highest BCUT2D eigenvalue weighted by molar-refractivity contribution is 5.79. The van der Waals surface area contributed by atoms with Gasteiger partial charge in [0, 0.05) is 24.5 Å². The molecule has 1 atom stereocenters. The molecule has 100 valence electrons. The fraction of sp³-hybridized carbons (Fsp3) is 0.286. The van der Waals surface area contributed by atoms with E-state index in [1.807, 2.05) is 48.0 Å². The molecule has 1 unspecified atom stereocenters. The van der Waals surface area contributed by atoms with Crippen molar-refractivity contribution in [2.45, 2.75) is 19.5 Å². The lowest BCUT2D eigenvalue weighted by atomic mass is 10.2. The molecule has 2 rings (SSSR count). The lowest BCUT2D eigenvalue weighted by Gasteiger charge is -2.16. The van der Waals surface area contributed by atoms with Gasteiger partial charge in [-0.2, -0.15) is 0 Å². The Morgan fingerprint density at radius 3 is 2.79 bits per heavy atom. The van der Waals surface area contributed by atoms with Crippen LogP contribution in [-0.2, 0) is 11.3 Å². The van der Waals surface area contributed by atoms with Gasteiger partial charge in [-0.15, -0.1) is 0 Å². The monoisotopic (exact) mass is 258 g/mol. The van der Waals surface area contributed by atoms with Crippen LogP contribution in [0.2, 0.25) is 0 Å². The van der Waals surface area contributed by atoms with Gasteiger partial charge in [0.15, 0.2) is 0 Å². The number of hydrogen-bond acceptors (Lipinski definition) is 3. The molecule has 0 radical (unpaired) electrons. The van der Waals surface area contributed by atoms with Crippen LogP contribution in [0.5, 0.6) is 0 Å². The van der Waals surface area contributed by atoms with Crippen molar-refractivity contribution in [3.63, 3.8) is 0 Å². The average Bonchev–Trinajstić information content (AvgIpc) is 2.87. The van der Waals surface area contributed by atoms with Crippen LogP contribution in [0.1, 0.15) is 6.92 Å². The predicted molar refractivity (Wildman–Crippen MR) is 74.3 cm³/mol. The zero-order valence-corrected chi connectivity index (χ0v) is 10.9. The van der Waals surface area contributed by atoms with Crippen LogP contribution in [0.15, 0.2) is 42.7 Å². The number of carbonyl (C=O) groups excluding carboxylic acids is 1. The number of hydrogen-bond donors (Lipinski definition) is 2. The summed E-state index contributed by atoms with van der Waals surface area (Å²) in [5.74, 6) is 0.485. The number of nitrogens with two attached hydrogens (primary N) is 1. The van der Waals surface area contributed by atoms with E-state index in [4.69, 9.17) is 5.73 Å². The quantitative estimate of drug-likeness (QED) is 0.812. The van der Waals surface area contributed by atoms with E-state index in [-0.39, 0.29) is 11.9 Å². The highest BCUT2D eigenvalue weighted by atomic mass is 16.1. The molecule has 0 aliphatic rings. The second-order valence-electron chi connectivity index (χ2n) is 4.28. The van der Waals surface area contributed by atoms with Crippen molar-refractivity contribution < 1.29 is 4.79 Å². The van der Waals surface area contributed by atoms with Crippen molar-refractivity contribution in [3.05, 3.63) is 42.7 Å². The van der Waals surface area contributed by atoms with Crippen LogP contribution in [-0.4, -0.2) is 28.0 Å². The molecule has 5 nitrogen and oxygen atoms in total. The van der Waals surface area contributed by atoms with Crippen LogP contribution in [0.3, 0.4) is 0 Å². The van der Waals surface area contributed by atoms with E-state index >= 15 is 0 Å². The van der Waals surface area contributed by atoms with Gasteiger partial charge in [-0.05, 0) is 6.54 Å². The van der Waals surface area contributed by atoms with Crippen LogP contribution >= 0.6 is 0 Å². The van der Waals surface area contributed by atoms with E-state index in [0.29, 0.717) is 13.1 Å². The molecule has 19 heavy (non-hydrogen) atoms. The first kappa shape index (κ1) is 13.3. The van der Waals surface area contributed by atoms with E-state index < -0.39 is 0 Å². The van der Waals surface area contributed by atoms with Gasteiger partial charge in [0.25, 0.3) is 0 Å². The van der Waals surface area contributed by atoms with E-state index in [1.54, 1.807) is 6.20 Å². The van der Waals surface area contributed by atoms with Gasteiger partial charge in [0.2, 0.25) is 5.91 Å². The molecule has 0 fully saturated rings. The number of rotatable bonds is 6. The lowest BCUT2D eigenvalue weighted by Crippen LogP contribution is -2.44. The zero-order valence-electron chi connectivity index (χ0n) is 10.9. The van der Waals surface area contributed by atoms with Crippen molar-refractivity contribution in [2.75, 3.05) is 6.54 Å². The summed E-state index contributed by atoms with van der Waals surface area (Å²) in [6.45, 7) is 3.12. The van der Waals surface area contributed by atoms with Gasteiger partial charge in [0.05, 0.1) is 0 Å². The van der Waals surface area contributed by atoms with Crippen molar-refractivity contribution in [2.24, 2.45) is 5.73 Å². The third-order valence-corrected chi connectivity index (χ3v) is 2.92. The number of benzene rings is 1. The number of primary amides is 1. The summed E-state index contributed by atoms with van der Waals surface area (Å²) < 4.78 is 1.94. The van der Waals surface area contributed by atoms with Gasteiger partial charge in [-0.1, -0.05) is 37.3 Å². The zero-order chi connectivity index (χ0) is 13.7. The Hall–Kier alpha value is -2.14.